The third-order valence-electron chi connectivity index (χ3n) is 3.09. The summed E-state index contributed by atoms with van der Waals surface area (Å²) >= 11 is 2.27. The fourth-order valence-corrected chi connectivity index (χ4v) is 2.67. The van der Waals surface area contributed by atoms with E-state index >= 15 is 0 Å². The molecule has 0 fully saturated rings. The number of nitrogens with one attached hydrogen (secondary N) is 1. The predicted molar refractivity (Wildman–Crippen MR) is 90.2 cm³/mol. The quantitative estimate of drug-likeness (QED) is 0.541. The van der Waals surface area contributed by atoms with Crippen LogP contribution in [0.15, 0.2) is 42.5 Å². The number of ether oxygens (including phenoxy) is 1. The molecule has 1 N–H and O–H groups in total. The van der Waals surface area contributed by atoms with Gasteiger partial charge in [0.1, 0.15) is 5.82 Å². The van der Waals surface area contributed by atoms with E-state index in [9.17, 15) is 4.79 Å². The van der Waals surface area contributed by atoms with Gasteiger partial charge in [-0.3, -0.25) is 0 Å². The summed E-state index contributed by atoms with van der Waals surface area (Å²) < 4.78 is 6.16. The Kier molecular flexibility index (Phi) is 3.92. The number of aromatic amines is 1. The van der Waals surface area contributed by atoms with Gasteiger partial charge in [-0.15, -0.1) is 0 Å². The van der Waals surface area contributed by atoms with Gasteiger partial charge in [0.25, 0.3) is 0 Å². The Bertz CT molecular complexity index is 811. The normalized spacial score (nSPS) is 10.8. The third-order valence-corrected chi connectivity index (χ3v) is 3.76. The molecule has 0 radical (unpaired) electrons. The molecule has 3 aromatic rings. The molecule has 0 saturated carbocycles. The first-order valence-corrected chi connectivity index (χ1v) is 7.68. The molecule has 0 atom stereocenters. The molecule has 0 bridgehead atoms. The zero-order valence-corrected chi connectivity index (χ0v) is 13.5. The van der Waals surface area contributed by atoms with Gasteiger partial charge in [-0.2, -0.15) is 0 Å². The number of benzene rings is 2. The molecule has 1 aromatic heterocycles. The Hall–Kier alpha value is -1.89. The first-order chi connectivity index (χ1) is 10.2. The van der Waals surface area contributed by atoms with Crippen LogP contribution in [0.4, 0.5) is 0 Å². The van der Waals surface area contributed by atoms with Crippen LogP contribution in [0.25, 0.3) is 22.4 Å². The summed E-state index contributed by atoms with van der Waals surface area (Å²) in [6, 6.07) is 13.4. The highest BCUT2D eigenvalue weighted by Crippen LogP contribution is 2.22. The number of hydrogen-bond donors (Lipinski definition) is 1. The maximum Gasteiger partial charge on any atom is 0.338 e. The van der Waals surface area contributed by atoms with Gasteiger partial charge in [0.15, 0.2) is 0 Å². The zero-order chi connectivity index (χ0) is 14.8. The van der Waals surface area contributed by atoms with Crippen LogP contribution in [0.3, 0.4) is 0 Å². The van der Waals surface area contributed by atoms with Gasteiger partial charge in [-0.05, 0) is 59.8 Å². The molecule has 106 valence electrons. The molecule has 5 heteroatoms. The Balaban J connectivity index is 2.02. The van der Waals surface area contributed by atoms with Gasteiger partial charge >= 0.3 is 5.97 Å². The maximum atomic E-state index is 11.8. The van der Waals surface area contributed by atoms with Crippen LogP contribution in [0.5, 0.6) is 0 Å². The van der Waals surface area contributed by atoms with Gasteiger partial charge in [-0.25, -0.2) is 9.78 Å². The van der Waals surface area contributed by atoms with E-state index in [1.165, 1.54) is 0 Å². The highest BCUT2D eigenvalue weighted by Gasteiger charge is 2.10. The second-order valence-electron chi connectivity index (χ2n) is 4.55. The summed E-state index contributed by atoms with van der Waals surface area (Å²) in [5.74, 6) is 0.481. The number of hydrogen-bond acceptors (Lipinski definition) is 3. The molecule has 0 amide bonds. The lowest BCUT2D eigenvalue weighted by atomic mass is 10.2. The van der Waals surface area contributed by atoms with Crippen molar-refractivity contribution in [3.05, 3.63) is 51.6 Å². The van der Waals surface area contributed by atoms with Gasteiger partial charge in [-0.1, -0.05) is 12.1 Å². The molecule has 2 aromatic carbocycles. The molecule has 0 aliphatic carbocycles. The molecular weight excluding hydrogens is 379 g/mol. The average molecular weight is 392 g/mol. The largest absolute Gasteiger partial charge is 0.462 e. The number of rotatable bonds is 3. The topological polar surface area (TPSA) is 55.0 Å². The van der Waals surface area contributed by atoms with Crippen molar-refractivity contribution in [2.45, 2.75) is 6.92 Å². The third kappa shape index (κ3) is 2.92. The maximum absolute atomic E-state index is 11.8. The summed E-state index contributed by atoms with van der Waals surface area (Å²) in [6.07, 6.45) is 0. The monoisotopic (exact) mass is 392 g/mol. The van der Waals surface area contributed by atoms with Crippen molar-refractivity contribution in [1.29, 1.82) is 0 Å². The van der Waals surface area contributed by atoms with E-state index in [4.69, 9.17) is 4.74 Å². The number of carbonyl (C=O) groups is 1. The summed E-state index contributed by atoms with van der Waals surface area (Å²) in [4.78, 5) is 19.6. The Morgan fingerprint density at radius 1 is 1.29 bits per heavy atom. The molecular formula is C16H13IN2O2. The van der Waals surface area contributed by atoms with Crippen molar-refractivity contribution in [2.75, 3.05) is 6.61 Å². The Morgan fingerprint density at radius 3 is 2.90 bits per heavy atom. The lowest BCUT2D eigenvalue weighted by molar-refractivity contribution is 0.0526. The number of aromatic nitrogens is 2. The number of H-pyrrole nitrogens is 1. The van der Waals surface area contributed by atoms with Crippen LogP contribution in [-0.2, 0) is 4.74 Å². The second-order valence-corrected chi connectivity index (χ2v) is 5.79. The summed E-state index contributed by atoms with van der Waals surface area (Å²) in [7, 11) is 0. The van der Waals surface area contributed by atoms with Crippen molar-refractivity contribution in [1.82, 2.24) is 9.97 Å². The minimum absolute atomic E-state index is 0.315. The van der Waals surface area contributed by atoms with Crippen LogP contribution in [0, 0.1) is 3.57 Å². The SMILES string of the molecule is CCOC(=O)c1ccc2nc(-c3cccc(I)c3)[nH]c2c1. The van der Waals surface area contributed by atoms with E-state index in [-0.39, 0.29) is 5.97 Å². The van der Waals surface area contributed by atoms with E-state index in [1.54, 1.807) is 19.1 Å². The van der Waals surface area contributed by atoms with Gasteiger partial charge in [0.2, 0.25) is 0 Å². The van der Waals surface area contributed by atoms with Crippen molar-refractivity contribution in [3.63, 3.8) is 0 Å². The Labute approximate surface area is 135 Å². The lowest BCUT2D eigenvalue weighted by Crippen LogP contribution is -2.04. The number of fused-ring (bicyclic) bond motifs is 1. The number of carbonyl (C=O) groups excluding carboxylic acids is 1. The van der Waals surface area contributed by atoms with Crippen LogP contribution >= 0.6 is 22.6 Å². The van der Waals surface area contributed by atoms with Crippen LogP contribution in [0.2, 0.25) is 0 Å². The first-order valence-electron chi connectivity index (χ1n) is 6.60. The summed E-state index contributed by atoms with van der Waals surface area (Å²) in [6.45, 7) is 2.16. The van der Waals surface area contributed by atoms with Crippen LogP contribution in [-0.4, -0.2) is 22.5 Å². The van der Waals surface area contributed by atoms with Crippen molar-refractivity contribution in [2.24, 2.45) is 0 Å². The van der Waals surface area contributed by atoms with E-state index in [0.29, 0.717) is 12.2 Å². The molecule has 0 spiro atoms. The fraction of sp³-hybridized carbons (Fsp3) is 0.125. The van der Waals surface area contributed by atoms with Crippen molar-refractivity contribution in [3.8, 4) is 11.4 Å². The molecule has 3 rings (SSSR count). The van der Waals surface area contributed by atoms with Crippen molar-refractivity contribution >= 4 is 39.6 Å². The molecule has 0 aliphatic rings. The van der Waals surface area contributed by atoms with Gasteiger partial charge in [0.05, 0.1) is 23.2 Å². The number of nitrogens with zero attached hydrogens (tertiary/aromatic N) is 1. The van der Waals surface area contributed by atoms with E-state index in [2.05, 4.69) is 38.6 Å². The first kappa shape index (κ1) is 14.1. The van der Waals surface area contributed by atoms with Gasteiger partial charge < -0.3 is 9.72 Å². The minimum atomic E-state index is -0.315. The van der Waals surface area contributed by atoms with Crippen LogP contribution < -0.4 is 0 Å². The average Bonchev–Trinajstić information content (AvgIpc) is 2.90. The van der Waals surface area contributed by atoms with E-state index < -0.39 is 0 Å². The number of imidazole rings is 1. The highest BCUT2D eigenvalue weighted by atomic mass is 127. The van der Waals surface area contributed by atoms with E-state index in [0.717, 1.165) is 26.0 Å². The highest BCUT2D eigenvalue weighted by molar-refractivity contribution is 14.1. The molecule has 21 heavy (non-hydrogen) atoms. The zero-order valence-electron chi connectivity index (χ0n) is 11.4. The predicted octanol–water partition coefficient (Wildman–Crippen LogP) is 4.01. The second kappa shape index (κ2) is 5.85. The van der Waals surface area contributed by atoms with Crippen molar-refractivity contribution < 1.29 is 9.53 Å². The fourth-order valence-electron chi connectivity index (χ4n) is 2.12. The molecule has 0 unspecified atom stereocenters. The standard InChI is InChI=1S/C16H13IN2O2/c1-2-21-16(20)11-6-7-13-14(9-11)19-15(18-13)10-4-3-5-12(17)8-10/h3-9H,2H2,1H3,(H,18,19). The number of halogens is 1. The Morgan fingerprint density at radius 2 is 2.14 bits per heavy atom. The molecule has 1 heterocycles. The van der Waals surface area contributed by atoms with Crippen LogP contribution in [0.1, 0.15) is 17.3 Å². The number of esters is 1. The molecule has 4 nitrogen and oxygen atoms in total. The summed E-state index contributed by atoms with van der Waals surface area (Å²) in [5.41, 5.74) is 3.21. The van der Waals surface area contributed by atoms with E-state index in [1.807, 2.05) is 24.3 Å². The lowest BCUT2D eigenvalue weighted by Gasteiger charge is -2.00. The minimum Gasteiger partial charge on any atom is -0.462 e. The molecule has 0 saturated heterocycles. The summed E-state index contributed by atoms with van der Waals surface area (Å²) in [5, 5.41) is 0. The van der Waals surface area contributed by atoms with Gasteiger partial charge in [0, 0.05) is 9.13 Å². The molecule has 0 aliphatic heterocycles. The smallest absolute Gasteiger partial charge is 0.338 e.